The summed E-state index contributed by atoms with van der Waals surface area (Å²) in [6.45, 7) is 3.34. The normalized spacial score (nSPS) is 17.3. The molecule has 1 atom stereocenters. The third-order valence-electron chi connectivity index (χ3n) is 1.62. The summed E-state index contributed by atoms with van der Waals surface area (Å²) in [5.74, 6) is 0. The van der Waals surface area contributed by atoms with E-state index in [2.05, 4.69) is 0 Å². The molecule has 0 saturated carbocycles. The molecule has 0 rings (SSSR count). The summed E-state index contributed by atoms with van der Waals surface area (Å²) in [5.41, 5.74) is -1.31. The van der Waals surface area contributed by atoms with Crippen LogP contribution in [0.3, 0.4) is 0 Å². The fourth-order valence-electron chi connectivity index (χ4n) is 0.816. The third-order valence-corrected chi connectivity index (χ3v) is 1.62. The van der Waals surface area contributed by atoms with Crippen LogP contribution in [0.2, 0.25) is 0 Å². The lowest BCUT2D eigenvalue weighted by Gasteiger charge is -2.19. The van der Waals surface area contributed by atoms with Gasteiger partial charge in [-0.05, 0) is 12.8 Å². The minimum Gasteiger partial charge on any atom is -0.393 e. The Kier molecular flexibility index (Phi) is 3.78. The molecule has 1 N–H and O–H groups in total. The van der Waals surface area contributed by atoms with Crippen LogP contribution in [-0.2, 0) is 0 Å². The average molecular weight is 134 g/mol. The van der Waals surface area contributed by atoms with Gasteiger partial charge in [-0.2, -0.15) is 0 Å². The summed E-state index contributed by atoms with van der Waals surface area (Å²) in [7, 11) is 0. The Morgan fingerprint density at radius 1 is 1.44 bits per heavy atom. The van der Waals surface area contributed by atoms with E-state index in [0.717, 1.165) is 6.42 Å². The molecule has 0 aromatic carbocycles. The molecule has 0 heterocycles. The Morgan fingerprint density at radius 3 is 2.11 bits per heavy atom. The molecule has 2 heteroatoms. The molecule has 0 fully saturated rings. The number of hydrogen-bond donors (Lipinski definition) is 1. The summed E-state index contributed by atoms with van der Waals surface area (Å²) < 4.78 is 13.0. The predicted octanol–water partition coefficient (Wildman–Crippen LogP) is 1.90. The first-order valence-electron chi connectivity index (χ1n) is 3.48. The average Bonchev–Trinajstić information content (AvgIpc) is 1.89. The standard InChI is InChI=1S/C7H15FO/c1-3-5-7(8,4-2)6-9/h9H,3-6H2,1-2H3. The van der Waals surface area contributed by atoms with Crippen molar-refractivity contribution in [2.75, 3.05) is 6.61 Å². The zero-order chi connectivity index (χ0) is 7.33. The van der Waals surface area contributed by atoms with E-state index in [1.807, 2.05) is 6.92 Å². The molecular weight excluding hydrogens is 119 g/mol. The number of alkyl halides is 1. The number of hydrogen-bond acceptors (Lipinski definition) is 1. The van der Waals surface area contributed by atoms with E-state index in [9.17, 15) is 4.39 Å². The maximum absolute atomic E-state index is 13.0. The SMILES string of the molecule is CCCC(F)(CC)CO. The van der Waals surface area contributed by atoms with Gasteiger partial charge >= 0.3 is 0 Å². The molecule has 0 bridgehead atoms. The van der Waals surface area contributed by atoms with Crippen LogP contribution < -0.4 is 0 Å². The second kappa shape index (κ2) is 3.83. The molecule has 0 aromatic heterocycles. The third kappa shape index (κ3) is 2.80. The Labute approximate surface area is 55.9 Å². The summed E-state index contributed by atoms with van der Waals surface area (Å²) in [4.78, 5) is 0. The molecule has 9 heavy (non-hydrogen) atoms. The van der Waals surface area contributed by atoms with Crippen molar-refractivity contribution >= 4 is 0 Å². The highest BCUT2D eigenvalue weighted by Crippen LogP contribution is 2.20. The lowest BCUT2D eigenvalue weighted by molar-refractivity contribution is 0.0583. The van der Waals surface area contributed by atoms with Gasteiger partial charge in [0.25, 0.3) is 0 Å². The highest BCUT2D eigenvalue weighted by molar-refractivity contribution is 4.74. The lowest BCUT2D eigenvalue weighted by atomic mass is 9.98. The van der Waals surface area contributed by atoms with Crippen molar-refractivity contribution in [2.45, 2.75) is 38.8 Å². The van der Waals surface area contributed by atoms with Crippen molar-refractivity contribution < 1.29 is 9.50 Å². The summed E-state index contributed by atoms with van der Waals surface area (Å²) in [5, 5.41) is 8.54. The highest BCUT2D eigenvalue weighted by atomic mass is 19.1. The monoisotopic (exact) mass is 134 g/mol. The predicted molar refractivity (Wildman–Crippen MR) is 36.1 cm³/mol. The Balaban J connectivity index is 3.62. The van der Waals surface area contributed by atoms with Crippen LogP contribution in [-0.4, -0.2) is 17.4 Å². The molecule has 1 nitrogen and oxygen atoms in total. The molecule has 0 saturated heterocycles. The van der Waals surface area contributed by atoms with Gasteiger partial charge in [0.2, 0.25) is 0 Å². The first-order chi connectivity index (χ1) is 4.18. The van der Waals surface area contributed by atoms with Crippen LogP contribution >= 0.6 is 0 Å². The van der Waals surface area contributed by atoms with Gasteiger partial charge in [0.15, 0.2) is 0 Å². The van der Waals surface area contributed by atoms with Crippen LogP contribution in [0.5, 0.6) is 0 Å². The van der Waals surface area contributed by atoms with Crippen LogP contribution in [0, 0.1) is 0 Å². The van der Waals surface area contributed by atoms with Crippen LogP contribution in [0.25, 0.3) is 0 Å². The zero-order valence-corrected chi connectivity index (χ0v) is 6.15. The van der Waals surface area contributed by atoms with E-state index in [4.69, 9.17) is 5.11 Å². The van der Waals surface area contributed by atoms with Gasteiger partial charge in [-0.1, -0.05) is 20.3 Å². The van der Waals surface area contributed by atoms with Gasteiger partial charge in [0, 0.05) is 0 Å². The smallest absolute Gasteiger partial charge is 0.133 e. The minimum absolute atomic E-state index is 0.336. The second-order valence-electron chi connectivity index (χ2n) is 2.41. The van der Waals surface area contributed by atoms with Gasteiger partial charge in [-0.25, -0.2) is 4.39 Å². The fourth-order valence-corrected chi connectivity index (χ4v) is 0.816. The molecule has 0 aromatic rings. The summed E-state index contributed by atoms with van der Waals surface area (Å²) >= 11 is 0. The fraction of sp³-hybridized carbons (Fsp3) is 1.00. The van der Waals surface area contributed by atoms with Gasteiger partial charge < -0.3 is 5.11 Å². The molecule has 0 spiro atoms. The summed E-state index contributed by atoms with van der Waals surface area (Å²) in [6, 6.07) is 0. The summed E-state index contributed by atoms with van der Waals surface area (Å²) in [6.07, 6.45) is 1.68. The number of halogens is 1. The Hall–Kier alpha value is -0.110. The maximum atomic E-state index is 13.0. The van der Waals surface area contributed by atoms with Gasteiger partial charge in [0.05, 0.1) is 6.61 Å². The van der Waals surface area contributed by atoms with Crippen molar-refractivity contribution in [3.05, 3.63) is 0 Å². The molecular formula is C7H15FO. The molecule has 0 aliphatic rings. The van der Waals surface area contributed by atoms with Gasteiger partial charge in [-0.15, -0.1) is 0 Å². The van der Waals surface area contributed by atoms with Crippen LogP contribution in [0.1, 0.15) is 33.1 Å². The highest BCUT2D eigenvalue weighted by Gasteiger charge is 2.24. The molecule has 0 aliphatic heterocycles. The lowest BCUT2D eigenvalue weighted by Crippen LogP contribution is -2.26. The van der Waals surface area contributed by atoms with E-state index < -0.39 is 5.67 Å². The molecule has 0 aliphatic carbocycles. The molecule has 0 amide bonds. The van der Waals surface area contributed by atoms with E-state index in [0.29, 0.717) is 12.8 Å². The zero-order valence-electron chi connectivity index (χ0n) is 6.15. The first kappa shape index (κ1) is 8.89. The van der Waals surface area contributed by atoms with Crippen molar-refractivity contribution in [1.82, 2.24) is 0 Å². The Morgan fingerprint density at radius 2 is 2.00 bits per heavy atom. The minimum atomic E-state index is -1.31. The van der Waals surface area contributed by atoms with Crippen molar-refractivity contribution in [2.24, 2.45) is 0 Å². The van der Waals surface area contributed by atoms with E-state index in [1.165, 1.54) is 0 Å². The number of rotatable bonds is 4. The van der Waals surface area contributed by atoms with E-state index in [1.54, 1.807) is 6.92 Å². The van der Waals surface area contributed by atoms with Crippen molar-refractivity contribution in [1.29, 1.82) is 0 Å². The first-order valence-corrected chi connectivity index (χ1v) is 3.48. The number of aliphatic hydroxyl groups is 1. The van der Waals surface area contributed by atoms with E-state index in [-0.39, 0.29) is 6.61 Å². The van der Waals surface area contributed by atoms with E-state index >= 15 is 0 Å². The molecule has 56 valence electrons. The molecule has 1 unspecified atom stereocenters. The quantitative estimate of drug-likeness (QED) is 0.622. The largest absolute Gasteiger partial charge is 0.393 e. The maximum Gasteiger partial charge on any atom is 0.133 e. The van der Waals surface area contributed by atoms with Gasteiger partial charge in [-0.3, -0.25) is 0 Å². The Bertz CT molecular complexity index is 69.3. The molecule has 0 radical (unpaired) electrons. The van der Waals surface area contributed by atoms with Crippen molar-refractivity contribution in [3.8, 4) is 0 Å². The second-order valence-corrected chi connectivity index (χ2v) is 2.41. The van der Waals surface area contributed by atoms with Gasteiger partial charge in [0.1, 0.15) is 5.67 Å². The van der Waals surface area contributed by atoms with Crippen LogP contribution in [0.4, 0.5) is 4.39 Å². The van der Waals surface area contributed by atoms with Crippen LogP contribution in [0.15, 0.2) is 0 Å². The van der Waals surface area contributed by atoms with Crippen molar-refractivity contribution in [3.63, 3.8) is 0 Å². The topological polar surface area (TPSA) is 20.2 Å². The number of aliphatic hydroxyl groups excluding tert-OH is 1.